The van der Waals surface area contributed by atoms with Crippen molar-refractivity contribution in [1.82, 2.24) is 0 Å². The van der Waals surface area contributed by atoms with Crippen LogP contribution in [0.25, 0.3) is 11.3 Å². The highest BCUT2D eigenvalue weighted by Gasteiger charge is 2.14. The quantitative estimate of drug-likeness (QED) is 0.263. The maximum Gasteiger partial charge on any atom is 0.270 e. The van der Waals surface area contributed by atoms with Gasteiger partial charge in [-0.25, -0.2) is 0 Å². The molecule has 1 heterocycles. The lowest BCUT2D eigenvalue weighted by atomic mass is 10.1. The molecule has 0 unspecified atom stereocenters. The van der Waals surface area contributed by atoms with Gasteiger partial charge in [0.1, 0.15) is 11.5 Å². The summed E-state index contributed by atoms with van der Waals surface area (Å²) in [5, 5.41) is 16.3. The third kappa shape index (κ3) is 4.54. The smallest absolute Gasteiger partial charge is 0.270 e. The predicted molar refractivity (Wildman–Crippen MR) is 108 cm³/mol. The van der Waals surface area contributed by atoms with E-state index in [1.54, 1.807) is 12.1 Å². The molecule has 0 aliphatic carbocycles. The Morgan fingerprint density at radius 3 is 2.37 bits per heavy atom. The van der Waals surface area contributed by atoms with Gasteiger partial charge in [-0.05, 0) is 30.3 Å². The molecule has 0 aliphatic rings. The van der Waals surface area contributed by atoms with E-state index in [4.69, 9.17) is 50.8 Å². The lowest BCUT2D eigenvalue weighted by Crippen LogP contribution is -1.92. The molecule has 0 atom stereocenters. The molecule has 0 saturated heterocycles. The van der Waals surface area contributed by atoms with Crippen LogP contribution in [0.3, 0.4) is 0 Å². The molecular formula is C17H9Cl4N3O3. The Labute approximate surface area is 173 Å². The zero-order valence-electron chi connectivity index (χ0n) is 13.2. The van der Waals surface area contributed by atoms with Crippen LogP contribution in [0.2, 0.25) is 20.1 Å². The highest BCUT2D eigenvalue weighted by Crippen LogP contribution is 2.34. The van der Waals surface area contributed by atoms with Crippen LogP contribution in [0, 0.1) is 10.1 Å². The van der Waals surface area contributed by atoms with Gasteiger partial charge < -0.3 is 4.42 Å². The van der Waals surface area contributed by atoms with E-state index in [1.165, 1.54) is 36.5 Å². The molecule has 0 saturated carbocycles. The minimum absolute atomic E-state index is 0.0882. The van der Waals surface area contributed by atoms with Crippen LogP contribution < -0.4 is 5.43 Å². The molecule has 0 aliphatic heterocycles. The standard InChI is InChI=1S/C17H9Cl4N3O3/c18-9-5-14(20)17(15(21)6-9)23-22-8-11-2-4-16(27-11)12-7-10(24(25)26)1-3-13(12)19/h1-8,23H. The highest BCUT2D eigenvalue weighted by molar-refractivity contribution is 6.41. The van der Waals surface area contributed by atoms with Crippen LogP contribution in [-0.2, 0) is 0 Å². The number of anilines is 1. The minimum Gasteiger partial charge on any atom is -0.455 e. The molecule has 0 spiro atoms. The number of hydrogen-bond donors (Lipinski definition) is 1. The Morgan fingerprint density at radius 2 is 1.70 bits per heavy atom. The van der Waals surface area contributed by atoms with Crippen LogP contribution in [-0.4, -0.2) is 11.1 Å². The zero-order valence-corrected chi connectivity index (χ0v) is 16.3. The van der Waals surface area contributed by atoms with Gasteiger partial charge in [0, 0.05) is 22.7 Å². The average Bonchev–Trinajstić information content (AvgIpc) is 3.06. The molecule has 0 bridgehead atoms. The van der Waals surface area contributed by atoms with Crippen molar-refractivity contribution in [2.75, 3.05) is 5.43 Å². The molecule has 0 fully saturated rings. The Bertz CT molecular complexity index is 1030. The first kappa shape index (κ1) is 19.5. The summed E-state index contributed by atoms with van der Waals surface area (Å²) in [6.45, 7) is 0. The highest BCUT2D eigenvalue weighted by atomic mass is 35.5. The second-order valence-corrected chi connectivity index (χ2v) is 6.90. The lowest BCUT2D eigenvalue weighted by Gasteiger charge is -2.06. The van der Waals surface area contributed by atoms with Gasteiger partial charge in [-0.15, -0.1) is 0 Å². The number of hydrazone groups is 1. The van der Waals surface area contributed by atoms with Gasteiger partial charge in [0.25, 0.3) is 5.69 Å². The molecule has 0 radical (unpaired) electrons. The van der Waals surface area contributed by atoms with Crippen LogP contribution in [0.4, 0.5) is 11.4 Å². The van der Waals surface area contributed by atoms with E-state index in [-0.39, 0.29) is 5.69 Å². The van der Waals surface area contributed by atoms with Crippen LogP contribution in [0.5, 0.6) is 0 Å². The zero-order chi connectivity index (χ0) is 19.6. The van der Waals surface area contributed by atoms with Gasteiger partial charge in [0.2, 0.25) is 0 Å². The maximum atomic E-state index is 10.9. The number of nitrogens with zero attached hydrogens (tertiary/aromatic N) is 2. The van der Waals surface area contributed by atoms with E-state index in [0.717, 1.165) is 0 Å². The van der Waals surface area contributed by atoms with Crippen molar-refractivity contribution in [3.63, 3.8) is 0 Å². The first-order chi connectivity index (χ1) is 12.8. The number of nitro benzene ring substituents is 1. The fourth-order valence-electron chi connectivity index (χ4n) is 2.19. The maximum absolute atomic E-state index is 10.9. The molecule has 10 heteroatoms. The van der Waals surface area contributed by atoms with Gasteiger partial charge in [0.15, 0.2) is 0 Å². The number of non-ortho nitro benzene ring substituents is 1. The molecule has 27 heavy (non-hydrogen) atoms. The molecule has 1 aromatic heterocycles. The van der Waals surface area contributed by atoms with E-state index in [9.17, 15) is 10.1 Å². The van der Waals surface area contributed by atoms with E-state index >= 15 is 0 Å². The molecule has 2 aromatic carbocycles. The Kier molecular flexibility index (Phi) is 5.92. The normalized spacial score (nSPS) is 11.1. The second kappa shape index (κ2) is 8.19. The molecule has 3 rings (SSSR count). The molecule has 3 aromatic rings. The van der Waals surface area contributed by atoms with Gasteiger partial charge in [-0.1, -0.05) is 46.4 Å². The summed E-state index contributed by atoms with van der Waals surface area (Å²) in [7, 11) is 0. The van der Waals surface area contributed by atoms with Crippen molar-refractivity contribution >= 4 is 64.0 Å². The number of nitrogens with one attached hydrogen (secondary N) is 1. The largest absolute Gasteiger partial charge is 0.455 e. The monoisotopic (exact) mass is 443 g/mol. The Morgan fingerprint density at radius 1 is 1.00 bits per heavy atom. The van der Waals surface area contributed by atoms with Crippen LogP contribution >= 0.6 is 46.4 Å². The number of furan rings is 1. The van der Waals surface area contributed by atoms with Crippen molar-refractivity contribution in [2.24, 2.45) is 5.10 Å². The topological polar surface area (TPSA) is 80.7 Å². The minimum atomic E-state index is -0.505. The third-order valence-corrected chi connectivity index (χ3v) is 4.57. The fraction of sp³-hybridized carbons (Fsp3) is 0. The summed E-state index contributed by atoms with van der Waals surface area (Å²) < 4.78 is 5.62. The van der Waals surface area contributed by atoms with Gasteiger partial charge in [-0.3, -0.25) is 15.5 Å². The average molecular weight is 445 g/mol. The van der Waals surface area contributed by atoms with Crippen molar-refractivity contribution in [1.29, 1.82) is 0 Å². The van der Waals surface area contributed by atoms with Crippen molar-refractivity contribution in [2.45, 2.75) is 0 Å². The van der Waals surface area contributed by atoms with Gasteiger partial charge in [0.05, 0.1) is 31.9 Å². The van der Waals surface area contributed by atoms with Gasteiger partial charge in [-0.2, -0.15) is 5.10 Å². The van der Waals surface area contributed by atoms with E-state index in [2.05, 4.69) is 10.5 Å². The van der Waals surface area contributed by atoms with E-state index in [0.29, 0.717) is 42.9 Å². The summed E-state index contributed by atoms with van der Waals surface area (Å²) in [6.07, 6.45) is 1.40. The van der Waals surface area contributed by atoms with Gasteiger partial charge >= 0.3 is 0 Å². The fourth-order valence-corrected chi connectivity index (χ4v) is 3.30. The van der Waals surface area contributed by atoms with Crippen LogP contribution in [0.15, 0.2) is 52.0 Å². The molecule has 6 nitrogen and oxygen atoms in total. The van der Waals surface area contributed by atoms with Crippen LogP contribution in [0.1, 0.15) is 5.76 Å². The molecule has 1 N–H and O–H groups in total. The summed E-state index contributed by atoms with van der Waals surface area (Å²) in [4.78, 5) is 10.4. The molecule has 138 valence electrons. The first-order valence-corrected chi connectivity index (χ1v) is 8.84. The summed E-state index contributed by atoms with van der Waals surface area (Å²) in [5.74, 6) is 0.758. The van der Waals surface area contributed by atoms with E-state index < -0.39 is 4.92 Å². The predicted octanol–water partition coefficient (Wildman–Crippen LogP) is 6.91. The number of nitro groups is 1. The summed E-state index contributed by atoms with van der Waals surface area (Å²) in [5.41, 5.74) is 3.43. The van der Waals surface area contributed by atoms with Crippen molar-refractivity contribution in [3.8, 4) is 11.3 Å². The Hall–Kier alpha value is -2.25. The SMILES string of the molecule is O=[N+]([O-])c1ccc(Cl)c(-c2ccc(C=NNc3c(Cl)cc(Cl)cc3Cl)o2)c1. The molecular weight excluding hydrogens is 436 g/mol. The van der Waals surface area contributed by atoms with E-state index in [1.807, 2.05) is 0 Å². The summed E-state index contributed by atoms with van der Waals surface area (Å²) >= 11 is 24.1. The third-order valence-electron chi connectivity index (χ3n) is 3.43. The Balaban J connectivity index is 1.80. The summed E-state index contributed by atoms with van der Waals surface area (Å²) in [6, 6.07) is 10.4. The molecule has 0 amide bonds. The van der Waals surface area contributed by atoms with Crippen molar-refractivity contribution < 1.29 is 9.34 Å². The number of rotatable bonds is 5. The number of halogens is 4. The van der Waals surface area contributed by atoms with Crippen molar-refractivity contribution in [3.05, 3.63) is 78.4 Å². The first-order valence-electron chi connectivity index (χ1n) is 7.33. The second-order valence-electron chi connectivity index (χ2n) is 5.24. The lowest BCUT2D eigenvalue weighted by molar-refractivity contribution is -0.384. The number of benzene rings is 2. The number of hydrogen-bond acceptors (Lipinski definition) is 5.